The molecule has 1 aliphatic rings. The zero-order valence-corrected chi connectivity index (χ0v) is 14.9. The van der Waals surface area contributed by atoms with E-state index in [4.69, 9.17) is 0 Å². The molecular formula is C16H27Cl2N3O. The van der Waals surface area contributed by atoms with Gasteiger partial charge in [0.1, 0.15) is 0 Å². The molecule has 1 aliphatic heterocycles. The van der Waals surface area contributed by atoms with Gasteiger partial charge in [0.25, 0.3) is 0 Å². The van der Waals surface area contributed by atoms with Crippen LogP contribution in [0.1, 0.15) is 25.3 Å². The van der Waals surface area contributed by atoms with E-state index in [1.54, 1.807) is 0 Å². The molecule has 0 aromatic heterocycles. The van der Waals surface area contributed by atoms with Crippen LogP contribution in [0, 0.1) is 0 Å². The van der Waals surface area contributed by atoms with Gasteiger partial charge in [-0.1, -0.05) is 30.3 Å². The summed E-state index contributed by atoms with van der Waals surface area (Å²) in [6.07, 6.45) is 2.07. The maximum atomic E-state index is 12.3. The maximum Gasteiger partial charge on any atom is 0.237 e. The summed E-state index contributed by atoms with van der Waals surface area (Å²) >= 11 is 0. The highest BCUT2D eigenvalue weighted by Gasteiger charge is 2.30. The summed E-state index contributed by atoms with van der Waals surface area (Å²) in [4.78, 5) is 14.6. The zero-order valence-electron chi connectivity index (χ0n) is 13.2. The van der Waals surface area contributed by atoms with Crippen molar-refractivity contribution in [2.75, 3.05) is 20.1 Å². The van der Waals surface area contributed by atoms with Gasteiger partial charge in [0, 0.05) is 19.1 Å². The van der Waals surface area contributed by atoms with Crippen molar-refractivity contribution in [3.05, 3.63) is 35.9 Å². The van der Waals surface area contributed by atoms with E-state index in [-0.39, 0.29) is 36.8 Å². The number of nitrogens with one attached hydrogen (secondary N) is 2. The Bertz CT molecular complexity index is 431. The third kappa shape index (κ3) is 6.13. The average Bonchev–Trinajstić information content (AvgIpc) is 2.93. The van der Waals surface area contributed by atoms with E-state index in [9.17, 15) is 4.79 Å². The molecule has 2 atom stereocenters. The molecule has 1 fully saturated rings. The second-order valence-electron chi connectivity index (χ2n) is 5.55. The first-order valence-corrected chi connectivity index (χ1v) is 7.43. The summed E-state index contributed by atoms with van der Waals surface area (Å²) in [5.74, 6) is 0.167. The van der Waals surface area contributed by atoms with Crippen molar-refractivity contribution in [1.29, 1.82) is 0 Å². The van der Waals surface area contributed by atoms with Crippen LogP contribution in [-0.2, 0) is 11.3 Å². The number of hydrogen-bond donors (Lipinski definition) is 2. The standard InChI is InChI=1S/C16H25N3O.2ClH/c1-13(17-2)11-18-16(20)15-9-6-10-19(15)12-14-7-4-3-5-8-14;;/h3-5,7-8,13,15,17H,6,9-12H2,1-2H3,(H,18,20);2*1H. The lowest BCUT2D eigenvalue weighted by Gasteiger charge is -2.24. The van der Waals surface area contributed by atoms with E-state index in [1.807, 2.05) is 13.1 Å². The van der Waals surface area contributed by atoms with Crippen LogP contribution in [0.4, 0.5) is 0 Å². The Hall–Kier alpha value is -0.810. The van der Waals surface area contributed by atoms with E-state index in [0.717, 1.165) is 25.9 Å². The van der Waals surface area contributed by atoms with Gasteiger partial charge in [-0.2, -0.15) is 0 Å². The van der Waals surface area contributed by atoms with Crippen LogP contribution in [0.25, 0.3) is 0 Å². The minimum absolute atomic E-state index is 0. The summed E-state index contributed by atoms with van der Waals surface area (Å²) < 4.78 is 0. The lowest BCUT2D eigenvalue weighted by molar-refractivity contribution is -0.125. The van der Waals surface area contributed by atoms with Gasteiger partial charge in [-0.05, 0) is 38.9 Å². The van der Waals surface area contributed by atoms with Crippen LogP contribution in [0.5, 0.6) is 0 Å². The van der Waals surface area contributed by atoms with Crippen molar-refractivity contribution in [2.24, 2.45) is 0 Å². The number of carbonyl (C=O) groups is 1. The fraction of sp³-hybridized carbons (Fsp3) is 0.562. The number of rotatable bonds is 6. The predicted octanol–water partition coefficient (Wildman–Crippen LogP) is 2.22. The Labute approximate surface area is 145 Å². The van der Waals surface area contributed by atoms with Gasteiger partial charge < -0.3 is 10.6 Å². The van der Waals surface area contributed by atoms with E-state index < -0.39 is 0 Å². The molecule has 22 heavy (non-hydrogen) atoms. The number of benzene rings is 1. The number of nitrogens with zero attached hydrogens (tertiary/aromatic N) is 1. The molecule has 1 aromatic rings. The highest BCUT2D eigenvalue weighted by Crippen LogP contribution is 2.20. The SMILES string of the molecule is CNC(C)CNC(=O)C1CCCN1Cc1ccccc1.Cl.Cl. The molecule has 2 N–H and O–H groups in total. The molecule has 1 aromatic carbocycles. The first-order chi connectivity index (χ1) is 9.70. The second kappa shape index (κ2) is 10.8. The van der Waals surface area contributed by atoms with Gasteiger partial charge in [0.2, 0.25) is 5.91 Å². The zero-order chi connectivity index (χ0) is 14.4. The lowest BCUT2D eigenvalue weighted by Crippen LogP contribution is -2.46. The van der Waals surface area contributed by atoms with Crippen molar-refractivity contribution in [3.8, 4) is 0 Å². The molecule has 1 saturated heterocycles. The number of hydrogen-bond acceptors (Lipinski definition) is 3. The van der Waals surface area contributed by atoms with Crippen molar-refractivity contribution in [1.82, 2.24) is 15.5 Å². The molecule has 2 unspecified atom stereocenters. The fourth-order valence-corrected chi connectivity index (χ4v) is 2.60. The normalized spacial score (nSPS) is 18.9. The molecule has 6 heteroatoms. The molecule has 0 spiro atoms. The van der Waals surface area contributed by atoms with Crippen molar-refractivity contribution in [2.45, 2.75) is 38.4 Å². The predicted molar refractivity (Wildman–Crippen MR) is 95.9 cm³/mol. The van der Waals surface area contributed by atoms with Gasteiger partial charge in [0.05, 0.1) is 6.04 Å². The monoisotopic (exact) mass is 347 g/mol. The highest BCUT2D eigenvalue weighted by atomic mass is 35.5. The molecular weight excluding hydrogens is 321 g/mol. The van der Waals surface area contributed by atoms with Crippen molar-refractivity contribution in [3.63, 3.8) is 0 Å². The fourth-order valence-electron chi connectivity index (χ4n) is 2.60. The summed E-state index contributed by atoms with van der Waals surface area (Å²) in [6, 6.07) is 10.7. The van der Waals surface area contributed by atoms with E-state index in [1.165, 1.54) is 5.56 Å². The van der Waals surface area contributed by atoms with Crippen LogP contribution < -0.4 is 10.6 Å². The van der Waals surface area contributed by atoms with Crippen molar-refractivity contribution >= 4 is 30.7 Å². The van der Waals surface area contributed by atoms with Crippen LogP contribution in [0.3, 0.4) is 0 Å². The van der Waals surface area contributed by atoms with Gasteiger partial charge in [-0.3, -0.25) is 9.69 Å². The van der Waals surface area contributed by atoms with E-state index in [0.29, 0.717) is 12.6 Å². The molecule has 0 saturated carbocycles. The van der Waals surface area contributed by atoms with Crippen LogP contribution in [-0.4, -0.2) is 43.0 Å². The summed E-state index contributed by atoms with van der Waals surface area (Å²) in [5.41, 5.74) is 1.27. The number of likely N-dealkylation sites (N-methyl/N-ethyl adjacent to an activating group) is 1. The third-order valence-corrected chi connectivity index (χ3v) is 3.97. The Balaban J connectivity index is 0.00000220. The Morgan fingerprint density at radius 2 is 2.00 bits per heavy atom. The van der Waals surface area contributed by atoms with Gasteiger partial charge in [0.15, 0.2) is 0 Å². The molecule has 1 heterocycles. The van der Waals surface area contributed by atoms with E-state index >= 15 is 0 Å². The molecule has 2 rings (SSSR count). The average molecular weight is 348 g/mol. The first-order valence-electron chi connectivity index (χ1n) is 7.43. The molecule has 1 amide bonds. The minimum Gasteiger partial charge on any atom is -0.353 e. The maximum absolute atomic E-state index is 12.3. The topological polar surface area (TPSA) is 44.4 Å². The smallest absolute Gasteiger partial charge is 0.237 e. The number of amides is 1. The van der Waals surface area contributed by atoms with E-state index in [2.05, 4.69) is 46.7 Å². The Kier molecular flexibility index (Phi) is 10.4. The summed E-state index contributed by atoms with van der Waals surface area (Å²) in [6.45, 7) is 4.62. The van der Waals surface area contributed by atoms with Gasteiger partial charge in [-0.15, -0.1) is 24.8 Å². The molecule has 0 bridgehead atoms. The number of halogens is 2. The summed E-state index contributed by atoms with van der Waals surface area (Å²) in [7, 11) is 1.91. The van der Waals surface area contributed by atoms with Crippen LogP contribution >= 0.6 is 24.8 Å². The summed E-state index contributed by atoms with van der Waals surface area (Å²) in [5, 5.41) is 6.18. The molecule has 4 nitrogen and oxygen atoms in total. The number of likely N-dealkylation sites (tertiary alicyclic amines) is 1. The molecule has 0 aliphatic carbocycles. The number of carbonyl (C=O) groups excluding carboxylic acids is 1. The molecule has 0 radical (unpaired) electrons. The second-order valence-corrected chi connectivity index (χ2v) is 5.55. The quantitative estimate of drug-likeness (QED) is 0.829. The highest BCUT2D eigenvalue weighted by molar-refractivity contribution is 5.85. The largest absolute Gasteiger partial charge is 0.353 e. The van der Waals surface area contributed by atoms with Crippen LogP contribution in [0.15, 0.2) is 30.3 Å². The lowest BCUT2D eigenvalue weighted by atomic mass is 10.1. The Morgan fingerprint density at radius 3 is 2.64 bits per heavy atom. The minimum atomic E-state index is 0. The van der Waals surface area contributed by atoms with Crippen molar-refractivity contribution < 1.29 is 4.79 Å². The Morgan fingerprint density at radius 1 is 1.32 bits per heavy atom. The van der Waals surface area contributed by atoms with Gasteiger partial charge in [-0.25, -0.2) is 0 Å². The third-order valence-electron chi connectivity index (χ3n) is 3.97. The first kappa shape index (κ1) is 21.2. The van der Waals surface area contributed by atoms with Gasteiger partial charge >= 0.3 is 0 Å². The molecule has 126 valence electrons. The van der Waals surface area contributed by atoms with Crippen LogP contribution in [0.2, 0.25) is 0 Å².